The van der Waals surface area contributed by atoms with E-state index in [0.717, 1.165) is 56.1 Å². The summed E-state index contributed by atoms with van der Waals surface area (Å²) >= 11 is 0. The molecule has 0 aromatic heterocycles. The molecule has 0 saturated carbocycles. The van der Waals surface area contributed by atoms with Crippen molar-refractivity contribution in [2.45, 2.75) is 194 Å². The second kappa shape index (κ2) is 15.9. The van der Waals surface area contributed by atoms with Crippen LogP contribution in [0.25, 0.3) is 0 Å². The second-order valence-corrected chi connectivity index (χ2v) is 17.4. The molecule has 10 bridgehead atoms. The highest BCUT2D eigenvalue weighted by molar-refractivity contribution is 5.79. The Hall–Kier alpha value is -1.29. The van der Waals surface area contributed by atoms with Gasteiger partial charge in [-0.15, -0.1) is 0 Å². The first-order valence-electron chi connectivity index (χ1n) is 20.5. The molecule has 0 aromatic carbocycles. The zero-order valence-electron chi connectivity index (χ0n) is 31.9. The minimum atomic E-state index is -0.820. The fourth-order valence-corrected chi connectivity index (χ4v) is 11.0. The van der Waals surface area contributed by atoms with E-state index in [1.54, 1.807) is 14.2 Å². The topological polar surface area (TPSA) is 146 Å². The Balaban J connectivity index is 1.06. The van der Waals surface area contributed by atoms with E-state index in [1.165, 1.54) is 0 Å². The Kier molecular flexibility index (Phi) is 11.6. The highest BCUT2D eigenvalue weighted by Gasteiger charge is 2.60. The molecular weight excluding hydrogens is 682 g/mol. The summed E-state index contributed by atoms with van der Waals surface area (Å²) in [7, 11) is 3.40. The van der Waals surface area contributed by atoms with Gasteiger partial charge in [-0.1, -0.05) is 20.1 Å². The summed E-state index contributed by atoms with van der Waals surface area (Å²) in [5.74, 6) is -0.653. The number of aliphatic hydroxyl groups is 1. The molecular formula is C41H63NO11. The Morgan fingerprint density at radius 3 is 2.40 bits per heavy atom. The summed E-state index contributed by atoms with van der Waals surface area (Å²) in [6, 6.07) is 0. The van der Waals surface area contributed by atoms with Gasteiger partial charge in [0.05, 0.1) is 79.4 Å². The van der Waals surface area contributed by atoms with Crippen molar-refractivity contribution in [1.29, 1.82) is 0 Å². The van der Waals surface area contributed by atoms with Crippen molar-refractivity contribution in [1.82, 2.24) is 0 Å². The molecule has 298 valence electrons. The van der Waals surface area contributed by atoms with Gasteiger partial charge in [0.15, 0.2) is 5.79 Å². The number of nitrogens with two attached hydrogens (primary N) is 1. The first-order valence-corrected chi connectivity index (χ1v) is 20.5. The third-order valence-corrected chi connectivity index (χ3v) is 13.9. The van der Waals surface area contributed by atoms with Gasteiger partial charge in [-0.05, 0) is 62.0 Å². The van der Waals surface area contributed by atoms with Crippen molar-refractivity contribution in [2.24, 2.45) is 17.6 Å². The van der Waals surface area contributed by atoms with Gasteiger partial charge < -0.3 is 53.5 Å². The summed E-state index contributed by atoms with van der Waals surface area (Å²) in [4.78, 5) is 14.1. The second-order valence-electron chi connectivity index (χ2n) is 17.4. The van der Waals surface area contributed by atoms with Gasteiger partial charge in [-0.2, -0.15) is 0 Å². The lowest BCUT2D eigenvalue weighted by atomic mass is 9.81. The maximum Gasteiger partial charge on any atom is 0.172 e. The van der Waals surface area contributed by atoms with E-state index in [2.05, 4.69) is 20.1 Å². The van der Waals surface area contributed by atoms with Crippen molar-refractivity contribution >= 4 is 5.78 Å². The Bertz CT molecular complexity index is 1350. The predicted octanol–water partition coefficient (Wildman–Crippen LogP) is 4.08. The van der Waals surface area contributed by atoms with Gasteiger partial charge in [0.1, 0.15) is 18.0 Å². The van der Waals surface area contributed by atoms with E-state index < -0.39 is 18.0 Å². The van der Waals surface area contributed by atoms with E-state index >= 15 is 0 Å². The molecule has 1 spiro atoms. The summed E-state index contributed by atoms with van der Waals surface area (Å²) < 4.78 is 59.5. The van der Waals surface area contributed by atoms with Gasteiger partial charge in [-0.25, -0.2) is 0 Å². The zero-order chi connectivity index (χ0) is 37.0. The maximum absolute atomic E-state index is 14.1. The summed E-state index contributed by atoms with van der Waals surface area (Å²) in [5.41, 5.74) is 8.01. The highest BCUT2D eigenvalue weighted by Crippen LogP contribution is 2.50. The fourth-order valence-electron chi connectivity index (χ4n) is 11.0. The minimum Gasteiger partial charge on any atom is -0.392 e. The Labute approximate surface area is 314 Å². The summed E-state index contributed by atoms with van der Waals surface area (Å²) in [6.45, 7) is 11.3. The quantitative estimate of drug-likeness (QED) is 0.391. The van der Waals surface area contributed by atoms with E-state index in [-0.39, 0.29) is 110 Å². The number of ketones is 1. The number of methoxy groups -OCH3 is 2. The van der Waals surface area contributed by atoms with E-state index in [0.29, 0.717) is 38.5 Å². The normalized spacial score (nSPS) is 49.6. The van der Waals surface area contributed by atoms with Crippen molar-refractivity contribution in [2.75, 3.05) is 20.8 Å². The van der Waals surface area contributed by atoms with Crippen LogP contribution in [0, 0.1) is 11.8 Å². The number of carbonyl (C=O) groups excluding carboxylic acids is 1. The van der Waals surface area contributed by atoms with E-state index in [9.17, 15) is 9.90 Å². The smallest absolute Gasteiger partial charge is 0.172 e. The van der Waals surface area contributed by atoms with E-state index in [1.807, 2.05) is 0 Å². The lowest BCUT2D eigenvalue weighted by Crippen LogP contribution is -2.58. The SMILES string of the molecule is C=C1CC2CC[C@]34C[C@@H](OC)C(O3)[C@H]3CC(O4)[C@H]4OC(CCC4O3)CC(=O)CC3[C@@H](OC)C(CC(O)CN)O[C@H]3CC3OC(CCC1O2)C[C@@H](C)C3=C. The van der Waals surface area contributed by atoms with Gasteiger partial charge in [0.25, 0.3) is 0 Å². The average molecular weight is 746 g/mol. The Morgan fingerprint density at radius 1 is 0.811 bits per heavy atom. The maximum atomic E-state index is 14.1. The molecule has 0 aliphatic carbocycles. The molecule has 0 aromatic rings. The van der Waals surface area contributed by atoms with Crippen molar-refractivity contribution in [3.63, 3.8) is 0 Å². The first-order chi connectivity index (χ1) is 25.5. The number of Topliss-reactive ketones (excluding diaryl/α,β-unsaturated/α-hetero) is 1. The largest absolute Gasteiger partial charge is 0.392 e. The minimum absolute atomic E-state index is 0.0245. The lowest BCUT2D eigenvalue weighted by Gasteiger charge is -2.47. The molecule has 53 heavy (non-hydrogen) atoms. The van der Waals surface area contributed by atoms with Crippen molar-refractivity contribution in [3.8, 4) is 0 Å². The number of aliphatic hydroxyl groups excluding tert-OH is 1. The predicted molar refractivity (Wildman–Crippen MR) is 193 cm³/mol. The molecule has 8 rings (SSSR count). The third-order valence-electron chi connectivity index (χ3n) is 13.9. The molecule has 8 aliphatic rings. The molecule has 8 aliphatic heterocycles. The number of hydrogen-bond acceptors (Lipinski definition) is 12. The van der Waals surface area contributed by atoms with Crippen LogP contribution in [0.3, 0.4) is 0 Å². The first kappa shape index (κ1) is 38.6. The molecule has 18 atom stereocenters. The number of fused-ring (bicyclic) bond motifs is 9. The Morgan fingerprint density at radius 2 is 1.60 bits per heavy atom. The molecule has 8 saturated heterocycles. The number of hydrogen-bond donors (Lipinski definition) is 2. The van der Waals surface area contributed by atoms with Crippen LogP contribution in [-0.4, -0.2) is 129 Å². The molecule has 12 nitrogen and oxygen atoms in total. The van der Waals surface area contributed by atoms with Gasteiger partial charge >= 0.3 is 0 Å². The van der Waals surface area contributed by atoms with Crippen LogP contribution < -0.4 is 5.73 Å². The monoisotopic (exact) mass is 745 g/mol. The number of rotatable bonds is 5. The van der Waals surface area contributed by atoms with Crippen LogP contribution in [0.2, 0.25) is 0 Å². The lowest BCUT2D eigenvalue weighted by molar-refractivity contribution is -0.277. The molecule has 11 unspecified atom stereocenters. The number of ether oxygens (including phenoxy) is 9. The molecule has 8 heterocycles. The van der Waals surface area contributed by atoms with Gasteiger partial charge in [0.2, 0.25) is 0 Å². The highest BCUT2D eigenvalue weighted by atomic mass is 16.7. The fraction of sp³-hybridized carbons (Fsp3) is 0.878. The van der Waals surface area contributed by atoms with Crippen LogP contribution in [0.15, 0.2) is 24.3 Å². The standard InChI is InChI=1S/C41H63NO11/c1-21-12-26-6-8-30-22(2)13-28(47-30)10-11-41-19-37(45-4)40(53-41)35-18-36(52-41)39-31(50-35)9-7-27(49-39)14-24(43)15-29-33(17-32(48-26)23(21)3)51-34(38(29)46-5)16-25(44)20-42/h21,25-40,44H,2-3,6-20,42H2,1,4-5H3/t21-,25?,26?,27?,28?,29?,30?,31?,32?,33+,34?,35-,36?,37-,38-,39+,40?,41-/m1/s1. The van der Waals surface area contributed by atoms with Crippen LogP contribution in [0.5, 0.6) is 0 Å². The van der Waals surface area contributed by atoms with Crippen molar-refractivity contribution in [3.05, 3.63) is 24.3 Å². The molecule has 0 radical (unpaired) electrons. The zero-order valence-corrected chi connectivity index (χ0v) is 31.9. The summed E-state index contributed by atoms with van der Waals surface area (Å²) in [6.07, 6.45) is 5.80. The molecule has 0 amide bonds. The third kappa shape index (κ3) is 7.86. The van der Waals surface area contributed by atoms with Crippen LogP contribution in [0.4, 0.5) is 0 Å². The van der Waals surface area contributed by atoms with Gasteiger partial charge in [-0.3, -0.25) is 4.79 Å². The van der Waals surface area contributed by atoms with Crippen molar-refractivity contribution < 1.29 is 52.5 Å². The van der Waals surface area contributed by atoms with Crippen LogP contribution in [0.1, 0.15) is 96.8 Å². The summed E-state index contributed by atoms with van der Waals surface area (Å²) in [5, 5.41) is 10.5. The van der Waals surface area contributed by atoms with E-state index in [4.69, 9.17) is 48.4 Å². The van der Waals surface area contributed by atoms with Crippen LogP contribution >= 0.6 is 0 Å². The molecule has 3 N–H and O–H groups in total. The average Bonchev–Trinajstić information content (AvgIpc) is 3.77. The van der Waals surface area contributed by atoms with Gasteiger partial charge in [0, 0.05) is 71.6 Å². The number of carbonyl (C=O) groups is 1. The van der Waals surface area contributed by atoms with Crippen LogP contribution in [-0.2, 0) is 47.4 Å². The molecule has 12 heteroatoms. The molecule has 8 fully saturated rings.